The summed E-state index contributed by atoms with van der Waals surface area (Å²) in [5.74, 6) is 0. The van der Waals surface area contributed by atoms with E-state index < -0.39 is 19.4 Å². The van der Waals surface area contributed by atoms with Gasteiger partial charge >= 0.3 is 19.4 Å². The molecule has 1 aromatic heterocycles. The lowest BCUT2D eigenvalue weighted by molar-refractivity contribution is 0.405. The molecule has 0 aliphatic rings. The average molecular weight is 397 g/mol. The molecule has 0 fully saturated rings. The van der Waals surface area contributed by atoms with Crippen molar-refractivity contribution in [3.8, 4) is 0 Å². The Morgan fingerprint density at radius 2 is 1.65 bits per heavy atom. The summed E-state index contributed by atoms with van der Waals surface area (Å²) in [7, 11) is -0.966. The third-order valence-corrected chi connectivity index (χ3v) is 3.67. The standard InChI is InChI=1S/C16H14ClN3O2.HO3P/c1-20(9-10-5-3-2-4-6-10)13-8-11(17)7-12-14(13)19-16(22)15(21)18-12;1-4(2)3/h2-8H,9H2,1H3,(H,18,21)(H,19,22);(H-,1,2,3)/p+1. The Balaban J connectivity index is 0.000000552. The molecule has 3 aromatic rings. The fraction of sp³-hybridized carbons (Fsp3) is 0.125. The quantitative estimate of drug-likeness (QED) is 0.397. The van der Waals surface area contributed by atoms with E-state index in [1.165, 1.54) is 0 Å². The molecule has 3 rings (SSSR count). The highest BCUT2D eigenvalue weighted by atomic mass is 35.5. The Kier molecular flexibility index (Phi) is 6.65. The molecule has 0 saturated carbocycles. The zero-order chi connectivity index (χ0) is 19.3. The van der Waals surface area contributed by atoms with Gasteiger partial charge in [-0.25, -0.2) is 0 Å². The van der Waals surface area contributed by atoms with E-state index in [4.69, 9.17) is 26.0 Å². The first kappa shape index (κ1) is 19.8. The Morgan fingerprint density at radius 1 is 1.08 bits per heavy atom. The maximum Gasteiger partial charge on any atom is 0.692 e. The molecule has 0 unspecified atom stereocenters. The van der Waals surface area contributed by atoms with Gasteiger partial charge in [0.2, 0.25) is 0 Å². The molecular formula is C16H16ClN3O5P+. The highest BCUT2D eigenvalue weighted by Gasteiger charge is 2.11. The number of halogens is 1. The van der Waals surface area contributed by atoms with Crippen LogP contribution < -0.4 is 16.0 Å². The molecule has 0 atom stereocenters. The van der Waals surface area contributed by atoms with Crippen molar-refractivity contribution in [2.45, 2.75) is 6.54 Å². The van der Waals surface area contributed by atoms with E-state index in [1.54, 1.807) is 12.1 Å². The van der Waals surface area contributed by atoms with Crippen molar-refractivity contribution in [3.05, 3.63) is 73.8 Å². The summed E-state index contributed by atoms with van der Waals surface area (Å²) in [6, 6.07) is 13.3. The maximum absolute atomic E-state index is 11.6. The Hall–Kier alpha value is -2.51. The number of rotatable bonds is 3. The molecule has 0 bridgehead atoms. The lowest BCUT2D eigenvalue weighted by atomic mass is 10.2. The smallest absolute Gasteiger partial charge is 0.368 e. The van der Waals surface area contributed by atoms with Gasteiger partial charge in [0, 0.05) is 23.2 Å². The zero-order valence-electron chi connectivity index (χ0n) is 13.6. The van der Waals surface area contributed by atoms with Crippen LogP contribution in [0, 0.1) is 0 Å². The number of nitrogens with one attached hydrogen (secondary N) is 2. The van der Waals surface area contributed by atoms with Gasteiger partial charge in [-0.2, -0.15) is 0 Å². The molecule has 0 spiro atoms. The number of aromatic nitrogens is 2. The molecule has 1 heterocycles. The van der Waals surface area contributed by atoms with Crippen LogP contribution in [0.3, 0.4) is 0 Å². The van der Waals surface area contributed by atoms with Crippen molar-refractivity contribution in [3.63, 3.8) is 0 Å². The largest absolute Gasteiger partial charge is 0.692 e. The molecule has 0 aliphatic carbocycles. The third-order valence-electron chi connectivity index (χ3n) is 3.45. The lowest BCUT2D eigenvalue weighted by Gasteiger charge is -2.21. The SMILES string of the molecule is CN(Cc1ccccc1)c1cc(Cl)cc2[nH]c(=O)c(=O)[nH]c12.O=[P+](O)O. The molecule has 10 heteroatoms. The van der Waals surface area contributed by atoms with Gasteiger partial charge in [0.1, 0.15) is 0 Å². The van der Waals surface area contributed by atoms with Gasteiger partial charge in [0.25, 0.3) is 0 Å². The molecule has 0 amide bonds. The number of fused-ring (bicyclic) bond motifs is 1. The Morgan fingerprint density at radius 3 is 2.27 bits per heavy atom. The van der Waals surface area contributed by atoms with Gasteiger partial charge < -0.3 is 14.9 Å². The summed E-state index contributed by atoms with van der Waals surface area (Å²) in [6.07, 6.45) is 0. The van der Waals surface area contributed by atoms with Crippen LogP contribution in [-0.4, -0.2) is 26.8 Å². The van der Waals surface area contributed by atoms with Crippen LogP contribution in [-0.2, 0) is 11.1 Å². The third kappa shape index (κ3) is 5.24. The van der Waals surface area contributed by atoms with E-state index in [0.717, 1.165) is 11.3 Å². The first-order valence-electron chi connectivity index (χ1n) is 7.34. The van der Waals surface area contributed by atoms with Gasteiger partial charge in [0.15, 0.2) is 0 Å². The molecular weight excluding hydrogens is 381 g/mol. The molecule has 0 saturated heterocycles. The van der Waals surface area contributed by atoms with E-state index in [2.05, 4.69) is 9.97 Å². The van der Waals surface area contributed by atoms with Crippen molar-refractivity contribution in [1.82, 2.24) is 9.97 Å². The average Bonchev–Trinajstić information content (AvgIpc) is 2.56. The molecule has 136 valence electrons. The predicted octanol–water partition coefficient (Wildman–Crippen LogP) is 2.13. The minimum Gasteiger partial charge on any atom is -0.368 e. The van der Waals surface area contributed by atoms with Crippen molar-refractivity contribution >= 4 is 36.6 Å². The second-order valence-electron chi connectivity index (χ2n) is 5.35. The van der Waals surface area contributed by atoms with Crippen molar-refractivity contribution < 1.29 is 14.4 Å². The molecule has 0 aliphatic heterocycles. The van der Waals surface area contributed by atoms with Crippen molar-refractivity contribution in [2.75, 3.05) is 11.9 Å². The van der Waals surface area contributed by atoms with Crippen LogP contribution in [0.1, 0.15) is 5.56 Å². The molecule has 4 N–H and O–H groups in total. The van der Waals surface area contributed by atoms with Gasteiger partial charge in [-0.05, 0) is 17.7 Å². The normalized spacial score (nSPS) is 10.2. The van der Waals surface area contributed by atoms with E-state index in [9.17, 15) is 9.59 Å². The molecule has 2 aromatic carbocycles. The van der Waals surface area contributed by atoms with E-state index >= 15 is 0 Å². The molecule has 0 radical (unpaired) electrons. The van der Waals surface area contributed by atoms with E-state index in [0.29, 0.717) is 22.6 Å². The van der Waals surface area contributed by atoms with Gasteiger partial charge in [0.05, 0.1) is 16.7 Å². The summed E-state index contributed by atoms with van der Waals surface area (Å²) in [6.45, 7) is 0.650. The minimum atomic E-state index is -2.87. The van der Waals surface area contributed by atoms with Crippen LogP contribution in [0.4, 0.5) is 5.69 Å². The van der Waals surface area contributed by atoms with Crippen molar-refractivity contribution in [2.24, 2.45) is 0 Å². The van der Waals surface area contributed by atoms with E-state index in [-0.39, 0.29) is 0 Å². The van der Waals surface area contributed by atoms with Crippen LogP contribution in [0.25, 0.3) is 11.0 Å². The monoisotopic (exact) mass is 396 g/mol. The number of aromatic amines is 2. The second kappa shape index (κ2) is 8.73. The number of nitrogens with zero attached hydrogens (tertiary/aromatic N) is 1. The Labute approximate surface area is 153 Å². The Bertz CT molecular complexity index is 1030. The van der Waals surface area contributed by atoms with Crippen LogP contribution in [0.15, 0.2) is 52.1 Å². The number of benzene rings is 2. The number of hydrogen-bond donors (Lipinski definition) is 4. The number of hydrogen-bond acceptors (Lipinski definition) is 4. The molecule has 26 heavy (non-hydrogen) atoms. The summed E-state index contributed by atoms with van der Waals surface area (Å²) in [5.41, 5.74) is 1.58. The molecule has 8 nitrogen and oxygen atoms in total. The van der Waals surface area contributed by atoms with Crippen LogP contribution in [0.2, 0.25) is 5.02 Å². The highest BCUT2D eigenvalue weighted by molar-refractivity contribution is 7.30. The predicted molar refractivity (Wildman–Crippen MR) is 101 cm³/mol. The second-order valence-corrected chi connectivity index (χ2v) is 6.29. The fourth-order valence-corrected chi connectivity index (χ4v) is 2.63. The summed E-state index contributed by atoms with van der Waals surface area (Å²) >= 11 is 6.12. The van der Waals surface area contributed by atoms with Crippen LogP contribution in [0.5, 0.6) is 0 Å². The summed E-state index contributed by atoms with van der Waals surface area (Å²) in [4.78, 5) is 44.4. The summed E-state index contributed by atoms with van der Waals surface area (Å²) < 4.78 is 8.70. The first-order valence-corrected chi connectivity index (χ1v) is 8.88. The first-order chi connectivity index (χ1) is 12.3. The number of anilines is 1. The highest BCUT2D eigenvalue weighted by Crippen LogP contribution is 2.27. The fourth-order valence-electron chi connectivity index (χ4n) is 2.42. The minimum absolute atomic E-state index is 0.491. The van der Waals surface area contributed by atoms with Gasteiger partial charge in [-0.15, -0.1) is 9.79 Å². The zero-order valence-corrected chi connectivity index (χ0v) is 15.3. The maximum atomic E-state index is 11.6. The van der Waals surface area contributed by atoms with E-state index in [1.807, 2.05) is 42.3 Å². The van der Waals surface area contributed by atoms with Gasteiger partial charge in [-0.1, -0.05) is 41.9 Å². The van der Waals surface area contributed by atoms with Crippen LogP contribution >= 0.6 is 19.9 Å². The topological polar surface area (TPSA) is 126 Å². The van der Waals surface area contributed by atoms with Crippen molar-refractivity contribution in [1.29, 1.82) is 0 Å². The lowest BCUT2D eigenvalue weighted by Crippen LogP contribution is -2.29. The van der Waals surface area contributed by atoms with Gasteiger partial charge in [-0.3, -0.25) is 9.59 Å². The number of H-pyrrole nitrogens is 2. The summed E-state index contributed by atoms with van der Waals surface area (Å²) in [5, 5.41) is 0.491.